The molecule has 0 aliphatic carbocycles. The molecule has 0 aliphatic rings. The molecule has 0 atom stereocenters. The van der Waals surface area contributed by atoms with E-state index in [1.807, 2.05) is 6.92 Å². The summed E-state index contributed by atoms with van der Waals surface area (Å²) in [6.07, 6.45) is 1.52. The van der Waals surface area contributed by atoms with Crippen LogP contribution in [0.3, 0.4) is 0 Å². The minimum Gasteiger partial charge on any atom is -0.390 e. The average Bonchev–Trinajstić information content (AvgIpc) is 2.85. The zero-order chi connectivity index (χ0) is 14.8. The molecule has 0 unspecified atom stereocenters. The number of aromatic nitrogens is 1. The second-order valence-electron chi connectivity index (χ2n) is 4.22. The van der Waals surface area contributed by atoms with Crippen molar-refractivity contribution < 1.29 is 13.5 Å². The van der Waals surface area contributed by atoms with Crippen molar-refractivity contribution in [1.29, 1.82) is 0 Å². The summed E-state index contributed by atoms with van der Waals surface area (Å²) in [5.74, 6) is 0. The molecule has 2 rings (SSSR count). The van der Waals surface area contributed by atoms with Gasteiger partial charge in [-0.05, 0) is 37.3 Å². The summed E-state index contributed by atoms with van der Waals surface area (Å²) in [6.45, 7) is 2.29. The molecule has 108 valence electrons. The standard InChI is InChI=1S/C13H15BrN2O3S/c1-2-16-8-13(7-12(16)9-17)20(18,19)15-11-5-3-10(14)4-6-11/h3-8,15,17H,2,9H2,1H3. The number of aliphatic hydroxyl groups is 1. The Morgan fingerprint density at radius 3 is 2.45 bits per heavy atom. The SMILES string of the molecule is CCn1cc(S(=O)(=O)Nc2ccc(Br)cc2)cc1CO. The van der Waals surface area contributed by atoms with Gasteiger partial charge in [-0.25, -0.2) is 8.42 Å². The van der Waals surface area contributed by atoms with E-state index in [-0.39, 0.29) is 11.5 Å². The van der Waals surface area contributed by atoms with Gasteiger partial charge in [-0.3, -0.25) is 4.72 Å². The maximum Gasteiger partial charge on any atom is 0.263 e. The summed E-state index contributed by atoms with van der Waals surface area (Å²) < 4.78 is 29.6. The number of rotatable bonds is 5. The molecule has 20 heavy (non-hydrogen) atoms. The zero-order valence-corrected chi connectivity index (χ0v) is 13.3. The first kappa shape index (κ1) is 15.1. The molecule has 1 aromatic heterocycles. The maximum absolute atomic E-state index is 12.3. The fourth-order valence-corrected chi connectivity index (χ4v) is 3.22. The molecule has 2 aromatic rings. The Kier molecular flexibility index (Phi) is 4.52. The van der Waals surface area contributed by atoms with Crippen LogP contribution in [0, 0.1) is 0 Å². The number of aliphatic hydroxyl groups excluding tert-OH is 1. The molecule has 0 bridgehead atoms. The Morgan fingerprint density at radius 1 is 1.30 bits per heavy atom. The Morgan fingerprint density at radius 2 is 1.95 bits per heavy atom. The number of benzene rings is 1. The van der Waals surface area contributed by atoms with Gasteiger partial charge in [-0.15, -0.1) is 0 Å². The molecule has 0 fully saturated rings. The van der Waals surface area contributed by atoms with Gasteiger partial charge >= 0.3 is 0 Å². The highest BCUT2D eigenvalue weighted by Crippen LogP contribution is 2.20. The quantitative estimate of drug-likeness (QED) is 0.862. The van der Waals surface area contributed by atoms with Crippen molar-refractivity contribution in [2.45, 2.75) is 25.0 Å². The lowest BCUT2D eigenvalue weighted by molar-refractivity contribution is 0.271. The first-order valence-corrected chi connectivity index (χ1v) is 8.32. The number of hydrogen-bond donors (Lipinski definition) is 2. The van der Waals surface area contributed by atoms with Gasteiger partial charge in [0.05, 0.1) is 6.61 Å². The van der Waals surface area contributed by atoms with E-state index in [0.29, 0.717) is 17.9 Å². The van der Waals surface area contributed by atoms with Crippen molar-refractivity contribution >= 4 is 31.6 Å². The third kappa shape index (κ3) is 3.23. The summed E-state index contributed by atoms with van der Waals surface area (Å²) in [5, 5.41) is 9.21. The van der Waals surface area contributed by atoms with Crippen LogP contribution in [0.5, 0.6) is 0 Å². The molecular weight excluding hydrogens is 344 g/mol. The summed E-state index contributed by atoms with van der Waals surface area (Å²) in [7, 11) is -3.65. The van der Waals surface area contributed by atoms with E-state index < -0.39 is 10.0 Å². The molecule has 0 radical (unpaired) electrons. The van der Waals surface area contributed by atoms with Gasteiger partial charge in [0.2, 0.25) is 0 Å². The number of nitrogens with zero attached hydrogens (tertiary/aromatic N) is 1. The lowest BCUT2D eigenvalue weighted by Crippen LogP contribution is -2.12. The summed E-state index contributed by atoms with van der Waals surface area (Å²) in [5.41, 5.74) is 1.06. The van der Waals surface area contributed by atoms with Gasteiger partial charge in [0.25, 0.3) is 10.0 Å². The van der Waals surface area contributed by atoms with Crippen molar-refractivity contribution in [3.8, 4) is 0 Å². The molecule has 1 heterocycles. The highest BCUT2D eigenvalue weighted by molar-refractivity contribution is 9.10. The highest BCUT2D eigenvalue weighted by Gasteiger charge is 2.18. The Bertz CT molecular complexity index is 671. The van der Waals surface area contributed by atoms with Crippen LogP contribution in [0.25, 0.3) is 0 Å². The van der Waals surface area contributed by atoms with E-state index in [9.17, 15) is 13.5 Å². The van der Waals surface area contributed by atoms with Crippen molar-refractivity contribution in [3.63, 3.8) is 0 Å². The van der Waals surface area contributed by atoms with Crippen molar-refractivity contribution in [3.05, 3.63) is 46.7 Å². The molecule has 1 aromatic carbocycles. The van der Waals surface area contributed by atoms with Crippen LogP contribution in [0.15, 0.2) is 45.9 Å². The predicted molar refractivity (Wildman–Crippen MR) is 81.0 cm³/mol. The van der Waals surface area contributed by atoms with Gasteiger partial charge in [-0.1, -0.05) is 15.9 Å². The molecular formula is C13H15BrN2O3S. The third-order valence-corrected chi connectivity index (χ3v) is 4.75. The number of hydrogen-bond acceptors (Lipinski definition) is 3. The second-order valence-corrected chi connectivity index (χ2v) is 6.82. The summed E-state index contributed by atoms with van der Waals surface area (Å²) >= 11 is 3.29. The van der Waals surface area contributed by atoms with Crippen LogP contribution in [0.2, 0.25) is 0 Å². The molecule has 5 nitrogen and oxygen atoms in total. The Labute approximate surface area is 126 Å². The van der Waals surface area contributed by atoms with E-state index in [4.69, 9.17) is 0 Å². The number of nitrogens with one attached hydrogen (secondary N) is 1. The Hall–Kier alpha value is -1.31. The monoisotopic (exact) mass is 358 g/mol. The number of sulfonamides is 1. The van der Waals surface area contributed by atoms with E-state index in [1.54, 1.807) is 28.8 Å². The molecule has 2 N–H and O–H groups in total. The normalized spacial score (nSPS) is 11.6. The molecule has 0 spiro atoms. The second kappa shape index (κ2) is 5.99. The van der Waals surface area contributed by atoms with E-state index in [2.05, 4.69) is 20.7 Å². The van der Waals surface area contributed by atoms with Gasteiger partial charge in [0.1, 0.15) is 4.90 Å². The van der Waals surface area contributed by atoms with Gasteiger partial charge < -0.3 is 9.67 Å². The molecule has 7 heteroatoms. The summed E-state index contributed by atoms with van der Waals surface area (Å²) in [6, 6.07) is 8.34. The van der Waals surface area contributed by atoms with Gasteiger partial charge in [0, 0.05) is 28.6 Å². The van der Waals surface area contributed by atoms with Crippen LogP contribution in [-0.4, -0.2) is 18.1 Å². The minimum atomic E-state index is -3.65. The largest absolute Gasteiger partial charge is 0.390 e. The Balaban J connectivity index is 2.30. The molecule has 0 aliphatic heterocycles. The van der Waals surface area contributed by atoms with Crippen molar-refractivity contribution in [2.75, 3.05) is 4.72 Å². The van der Waals surface area contributed by atoms with E-state index in [0.717, 1.165) is 4.47 Å². The van der Waals surface area contributed by atoms with Crippen LogP contribution in [0.1, 0.15) is 12.6 Å². The zero-order valence-electron chi connectivity index (χ0n) is 10.9. The maximum atomic E-state index is 12.3. The number of anilines is 1. The van der Waals surface area contributed by atoms with Crippen LogP contribution < -0.4 is 4.72 Å². The fraction of sp³-hybridized carbons (Fsp3) is 0.231. The molecule has 0 saturated carbocycles. The van der Waals surface area contributed by atoms with Crippen LogP contribution >= 0.6 is 15.9 Å². The third-order valence-electron chi connectivity index (χ3n) is 2.87. The minimum absolute atomic E-state index is 0.145. The molecule has 0 amide bonds. The first-order valence-electron chi connectivity index (χ1n) is 6.04. The number of halogens is 1. The van der Waals surface area contributed by atoms with E-state index >= 15 is 0 Å². The van der Waals surface area contributed by atoms with Gasteiger partial charge in [-0.2, -0.15) is 0 Å². The smallest absolute Gasteiger partial charge is 0.263 e. The lowest BCUT2D eigenvalue weighted by Gasteiger charge is -2.06. The lowest BCUT2D eigenvalue weighted by atomic mass is 10.3. The fourth-order valence-electron chi connectivity index (χ4n) is 1.83. The van der Waals surface area contributed by atoms with Gasteiger partial charge in [0.15, 0.2) is 0 Å². The van der Waals surface area contributed by atoms with Crippen LogP contribution in [-0.2, 0) is 23.2 Å². The topological polar surface area (TPSA) is 71.3 Å². The predicted octanol–water partition coefficient (Wildman–Crippen LogP) is 2.56. The van der Waals surface area contributed by atoms with Crippen LogP contribution in [0.4, 0.5) is 5.69 Å². The summed E-state index contributed by atoms with van der Waals surface area (Å²) in [4.78, 5) is 0.145. The molecule has 0 saturated heterocycles. The van der Waals surface area contributed by atoms with Crippen molar-refractivity contribution in [2.24, 2.45) is 0 Å². The number of aryl methyl sites for hydroxylation is 1. The highest BCUT2D eigenvalue weighted by atomic mass is 79.9. The van der Waals surface area contributed by atoms with Crippen molar-refractivity contribution in [1.82, 2.24) is 4.57 Å². The average molecular weight is 359 g/mol. The first-order chi connectivity index (χ1) is 9.46. The van der Waals surface area contributed by atoms with E-state index in [1.165, 1.54) is 12.3 Å².